The number of nitrogens with two attached hydrogens (primary N) is 1. The molecule has 5 N–H and O–H groups in total. The fourth-order valence-electron chi connectivity index (χ4n) is 2.44. The molecule has 2 aromatic carbocycles. The molecule has 0 unspecified atom stereocenters. The standard InChI is InChI=1S/C19H19NO5/c1-11(19(24)25)17(13-4-8-15(22)9-5-13)18(23)16(20)10-12-2-6-14(21)7-3-12/h2-9,16,21-22H,10,20H2,1H3,(H,24,25)/b17-11-/t16-/m0/s1. The maximum absolute atomic E-state index is 12.8. The average molecular weight is 341 g/mol. The van der Waals surface area contributed by atoms with Gasteiger partial charge in [0.25, 0.3) is 0 Å². The minimum atomic E-state index is -1.21. The normalized spacial score (nSPS) is 13.0. The zero-order chi connectivity index (χ0) is 18.6. The van der Waals surface area contributed by atoms with E-state index in [1.165, 1.54) is 43.3 Å². The quantitative estimate of drug-likeness (QED) is 0.597. The van der Waals surface area contributed by atoms with Crippen molar-refractivity contribution in [1.29, 1.82) is 0 Å². The molecule has 6 nitrogen and oxygen atoms in total. The lowest BCUT2D eigenvalue weighted by atomic mass is 9.90. The Morgan fingerprint density at radius 3 is 1.92 bits per heavy atom. The second kappa shape index (κ2) is 7.63. The van der Waals surface area contributed by atoms with Gasteiger partial charge in [0.1, 0.15) is 11.5 Å². The Kier molecular flexibility index (Phi) is 5.56. The van der Waals surface area contributed by atoms with E-state index in [1.807, 2.05) is 0 Å². The van der Waals surface area contributed by atoms with E-state index in [0.29, 0.717) is 5.56 Å². The summed E-state index contributed by atoms with van der Waals surface area (Å²) in [7, 11) is 0. The van der Waals surface area contributed by atoms with E-state index in [-0.39, 0.29) is 29.1 Å². The lowest BCUT2D eigenvalue weighted by molar-refractivity contribution is -0.132. The first-order valence-corrected chi connectivity index (χ1v) is 7.61. The van der Waals surface area contributed by atoms with Crippen molar-refractivity contribution in [3.63, 3.8) is 0 Å². The lowest BCUT2D eigenvalue weighted by Gasteiger charge is -2.15. The Balaban J connectivity index is 2.35. The monoisotopic (exact) mass is 341 g/mol. The molecule has 0 spiro atoms. The number of phenolic OH excluding ortho intramolecular Hbond substituents is 2. The highest BCUT2D eigenvalue weighted by Crippen LogP contribution is 2.24. The van der Waals surface area contributed by atoms with Crippen molar-refractivity contribution >= 4 is 17.3 Å². The Hall–Kier alpha value is -3.12. The molecule has 2 rings (SSSR count). The molecule has 1 atom stereocenters. The Morgan fingerprint density at radius 2 is 1.44 bits per heavy atom. The number of rotatable bonds is 6. The third-order valence-electron chi connectivity index (χ3n) is 3.83. The van der Waals surface area contributed by atoms with Crippen molar-refractivity contribution in [1.82, 2.24) is 0 Å². The maximum Gasteiger partial charge on any atom is 0.332 e. The van der Waals surface area contributed by atoms with Crippen LogP contribution in [-0.4, -0.2) is 33.1 Å². The molecule has 0 aliphatic rings. The van der Waals surface area contributed by atoms with E-state index in [2.05, 4.69) is 0 Å². The van der Waals surface area contributed by atoms with Crippen LogP contribution in [0.4, 0.5) is 0 Å². The summed E-state index contributed by atoms with van der Waals surface area (Å²) in [5, 5.41) is 28.0. The van der Waals surface area contributed by atoms with E-state index in [1.54, 1.807) is 12.1 Å². The molecule has 0 aromatic heterocycles. The van der Waals surface area contributed by atoms with Gasteiger partial charge >= 0.3 is 5.97 Å². The van der Waals surface area contributed by atoms with Gasteiger partial charge in [0.05, 0.1) is 6.04 Å². The molecule has 0 fully saturated rings. The molecule has 0 bridgehead atoms. The van der Waals surface area contributed by atoms with Crippen LogP contribution in [0.3, 0.4) is 0 Å². The molecule has 6 heteroatoms. The molecule has 0 saturated heterocycles. The van der Waals surface area contributed by atoms with Gasteiger partial charge in [-0.2, -0.15) is 0 Å². The van der Waals surface area contributed by atoms with Crippen LogP contribution >= 0.6 is 0 Å². The largest absolute Gasteiger partial charge is 0.508 e. The van der Waals surface area contributed by atoms with Crippen LogP contribution in [-0.2, 0) is 16.0 Å². The smallest absolute Gasteiger partial charge is 0.332 e. The molecular weight excluding hydrogens is 322 g/mol. The zero-order valence-corrected chi connectivity index (χ0v) is 13.6. The van der Waals surface area contributed by atoms with Crippen molar-refractivity contribution in [3.05, 3.63) is 65.2 Å². The van der Waals surface area contributed by atoms with Crippen molar-refractivity contribution in [2.45, 2.75) is 19.4 Å². The molecule has 0 radical (unpaired) electrons. The Morgan fingerprint density at radius 1 is 0.960 bits per heavy atom. The number of hydrogen-bond donors (Lipinski definition) is 4. The SMILES string of the molecule is C/C(C(=O)O)=C(/C(=O)[C@@H](N)Cc1ccc(O)cc1)c1ccc(O)cc1. The van der Waals surface area contributed by atoms with Gasteiger partial charge in [-0.3, -0.25) is 4.79 Å². The predicted octanol–water partition coefficient (Wildman–Crippen LogP) is 2.09. The molecule has 0 aliphatic heterocycles. The van der Waals surface area contributed by atoms with Crippen molar-refractivity contribution < 1.29 is 24.9 Å². The minimum absolute atomic E-state index is 0.0110. The first kappa shape index (κ1) is 18.2. The molecule has 130 valence electrons. The highest BCUT2D eigenvalue weighted by molar-refractivity contribution is 6.27. The van der Waals surface area contributed by atoms with Gasteiger partial charge in [0.2, 0.25) is 0 Å². The molecule has 0 saturated carbocycles. The second-order valence-electron chi connectivity index (χ2n) is 5.69. The summed E-state index contributed by atoms with van der Waals surface area (Å²) in [6, 6.07) is 11.0. The number of carboxylic acids is 1. The van der Waals surface area contributed by atoms with Crippen LogP contribution < -0.4 is 5.73 Å². The van der Waals surface area contributed by atoms with E-state index in [0.717, 1.165) is 5.56 Å². The summed E-state index contributed by atoms with van der Waals surface area (Å²) in [4.78, 5) is 24.2. The van der Waals surface area contributed by atoms with Crippen molar-refractivity contribution in [2.75, 3.05) is 0 Å². The summed E-state index contributed by atoms with van der Waals surface area (Å²) in [6.45, 7) is 1.34. The minimum Gasteiger partial charge on any atom is -0.508 e. The zero-order valence-electron chi connectivity index (χ0n) is 13.6. The van der Waals surface area contributed by atoms with Crippen LogP contribution in [0.15, 0.2) is 54.1 Å². The highest BCUT2D eigenvalue weighted by Gasteiger charge is 2.24. The van der Waals surface area contributed by atoms with E-state index in [4.69, 9.17) is 5.73 Å². The van der Waals surface area contributed by atoms with Gasteiger partial charge in [-0.25, -0.2) is 4.79 Å². The molecule has 25 heavy (non-hydrogen) atoms. The fraction of sp³-hybridized carbons (Fsp3) is 0.158. The number of phenols is 2. The highest BCUT2D eigenvalue weighted by atomic mass is 16.4. The lowest BCUT2D eigenvalue weighted by Crippen LogP contribution is -2.34. The van der Waals surface area contributed by atoms with Gasteiger partial charge in [-0.1, -0.05) is 24.3 Å². The molecule has 0 aliphatic carbocycles. The van der Waals surface area contributed by atoms with Gasteiger partial charge in [-0.15, -0.1) is 0 Å². The van der Waals surface area contributed by atoms with Gasteiger partial charge in [0.15, 0.2) is 5.78 Å². The molecule has 0 amide bonds. The van der Waals surface area contributed by atoms with Crippen LogP contribution in [0.5, 0.6) is 11.5 Å². The number of ketones is 1. The fourth-order valence-corrected chi connectivity index (χ4v) is 2.44. The average Bonchev–Trinajstić information content (AvgIpc) is 2.58. The molecule has 0 heterocycles. The van der Waals surface area contributed by atoms with Gasteiger partial charge in [-0.05, 0) is 48.7 Å². The summed E-state index contributed by atoms with van der Waals surface area (Å²) >= 11 is 0. The van der Waals surface area contributed by atoms with Crippen LogP contribution in [0.2, 0.25) is 0 Å². The van der Waals surface area contributed by atoms with E-state index in [9.17, 15) is 24.9 Å². The van der Waals surface area contributed by atoms with Crippen molar-refractivity contribution in [3.8, 4) is 11.5 Å². The molecule has 2 aromatic rings. The number of carboxylic acid groups (broad SMARTS) is 1. The summed E-state index contributed by atoms with van der Waals surface area (Å²) in [5.74, 6) is -1.60. The Labute approximate surface area is 144 Å². The van der Waals surface area contributed by atoms with E-state index >= 15 is 0 Å². The number of carbonyl (C=O) groups excluding carboxylic acids is 1. The number of aromatic hydroxyl groups is 2. The number of hydrogen-bond acceptors (Lipinski definition) is 5. The third kappa shape index (κ3) is 4.45. The summed E-state index contributed by atoms with van der Waals surface area (Å²) in [6.07, 6.45) is 0.202. The number of aliphatic carboxylic acids is 1. The van der Waals surface area contributed by atoms with Crippen LogP contribution in [0.25, 0.3) is 5.57 Å². The first-order valence-electron chi connectivity index (χ1n) is 7.61. The van der Waals surface area contributed by atoms with Crippen molar-refractivity contribution in [2.24, 2.45) is 5.73 Å². The maximum atomic E-state index is 12.8. The molecular formula is C19H19NO5. The van der Waals surface area contributed by atoms with Gasteiger partial charge < -0.3 is 21.1 Å². The topological polar surface area (TPSA) is 121 Å². The summed E-state index contributed by atoms with van der Waals surface area (Å²) < 4.78 is 0. The van der Waals surface area contributed by atoms with Gasteiger partial charge in [0, 0.05) is 11.1 Å². The Bertz CT molecular complexity index is 807. The number of Topliss-reactive ketones (excluding diaryl/α,β-unsaturated/α-hetero) is 1. The van der Waals surface area contributed by atoms with Crippen LogP contribution in [0, 0.1) is 0 Å². The third-order valence-corrected chi connectivity index (χ3v) is 3.83. The summed E-state index contributed by atoms with van der Waals surface area (Å²) in [5.41, 5.74) is 7.03. The predicted molar refractivity (Wildman–Crippen MR) is 93.1 cm³/mol. The number of benzene rings is 2. The number of carbonyl (C=O) groups is 2. The second-order valence-corrected chi connectivity index (χ2v) is 5.69. The first-order chi connectivity index (χ1) is 11.8. The van der Waals surface area contributed by atoms with E-state index < -0.39 is 17.8 Å². The van der Waals surface area contributed by atoms with Crippen LogP contribution in [0.1, 0.15) is 18.1 Å².